The number of methoxy groups -OCH3 is 3. The number of fused-ring (bicyclic) bond motifs is 1. The van der Waals surface area contributed by atoms with Crippen molar-refractivity contribution < 1.29 is 33.0 Å². The van der Waals surface area contributed by atoms with E-state index in [2.05, 4.69) is 5.32 Å². The molecular weight excluding hydrogens is 390 g/mol. The molecule has 8 nitrogen and oxygen atoms in total. The zero-order valence-corrected chi connectivity index (χ0v) is 17.4. The Kier molecular flexibility index (Phi) is 6.15. The number of hydrogen-bond donors (Lipinski definition) is 1. The largest absolute Gasteiger partial charge is 0.497 e. The average Bonchev–Trinajstić information content (AvgIpc) is 3.09. The van der Waals surface area contributed by atoms with E-state index in [1.807, 2.05) is 0 Å². The predicted octanol–water partition coefficient (Wildman–Crippen LogP) is 3.95. The lowest BCUT2D eigenvalue weighted by molar-refractivity contribution is -0.123. The minimum Gasteiger partial charge on any atom is -0.497 e. The SMILES string of the molecule is COc1ccc2oc(C(=O)O[C@@H](C)C(=O)Nc3ccc(OC)c(OC)c3)c(C)c2c1. The monoisotopic (exact) mass is 413 g/mol. The maximum atomic E-state index is 12.6. The molecule has 1 amide bonds. The number of esters is 1. The molecule has 0 aliphatic heterocycles. The quantitative estimate of drug-likeness (QED) is 0.586. The number of ether oxygens (including phenoxy) is 4. The number of carbonyl (C=O) groups excluding carboxylic acids is 2. The first-order valence-corrected chi connectivity index (χ1v) is 9.19. The number of anilines is 1. The van der Waals surface area contributed by atoms with Crippen molar-refractivity contribution in [2.45, 2.75) is 20.0 Å². The van der Waals surface area contributed by atoms with Gasteiger partial charge in [0.15, 0.2) is 17.6 Å². The summed E-state index contributed by atoms with van der Waals surface area (Å²) in [5.41, 5.74) is 1.62. The number of aryl methyl sites for hydroxylation is 1. The predicted molar refractivity (Wildman–Crippen MR) is 111 cm³/mol. The van der Waals surface area contributed by atoms with Crippen LogP contribution >= 0.6 is 0 Å². The number of nitrogens with one attached hydrogen (secondary N) is 1. The Bertz CT molecular complexity index is 1090. The molecule has 8 heteroatoms. The van der Waals surface area contributed by atoms with Crippen LogP contribution in [0.5, 0.6) is 17.2 Å². The maximum Gasteiger partial charge on any atom is 0.375 e. The topological polar surface area (TPSA) is 96.2 Å². The van der Waals surface area contributed by atoms with Crippen molar-refractivity contribution in [1.29, 1.82) is 0 Å². The zero-order valence-electron chi connectivity index (χ0n) is 17.4. The molecule has 0 aliphatic rings. The molecule has 1 atom stereocenters. The van der Waals surface area contributed by atoms with Crippen LogP contribution < -0.4 is 19.5 Å². The van der Waals surface area contributed by atoms with E-state index in [1.54, 1.807) is 50.4 Å². The van der Waals surface area contributed by atoms with Gasteiger partial charge in [-0.15, -0.1) is 0 Å². The number of furan rings is 1. The molecule has 0 saturated carbocycles. The van der Waals surface area contributed by atoms with Gasteiger partial charge in [0.1, 0.15) is 11.3 Å². The molecule has 0 aliphatic carbocycles. The van der Waals surface area contributed by atoms with E-state index in [-0.39, 0.29) is 5.76 Å². The fourth-order valence-electron chi connectivity index (χ4n) is 2.95. The fraction of sp³-hybridized carbons (Fsp3) is 0.273. The van der Waals surface area contributed by atoms with Crippen LogP contribution in [0, 0.1) is 6.92 Å². The van der Waals surface area contributed by atoms with Crippen LogP contribution in [0.2, 0.25) is 0 Å². The van der Waals surface area contributed by atoms with Crippen molar-refractivity contribution in [2.75, 3.05) is 26.6 Å². The van der Waals surface area contributed by atoms with Crippen molar-refractivity contribution in [3.63, 3.8) is 0 Å². The molecule has 0 unspecified atom stereocenters. The second-order valence-corrected chi connectivity index (χ2v) is 6.52. The first-order chi connectivity index (χ1) is 14.4. The van der Waals surface area contributed by atoms with E-state index in [1.165, 1.54) is 21.1 Å². The first kappa shape index (κ1) is 21.0. The molecule has 0 bridgehead atoms. The number of rotatable bonds is 7. The minimum atomic E-state index is -1.05. The van der Waals surface area contributed by atoms with Gasteiger partial charge in [0, 0.05) is 22.7 Å². The van der Waals surface area contributed by atoms with Gasteiger partial charge in [-0.25, -0.2) is 4.79 Å². The third-order valence-corrected chi connectivity index (χ3v) is 4.63. The highest BCUT2D eigenvalue weighted by Gasteiger charge is 2.24. The standard InChI is InChI=1S/C22H23NO7/c1-12-16-11-15(26-3)7-9-17(16)30-20(12)22(25)29-13(2)21(24)23-14-6-8-18(27-4)19(10-14)28-5/h6-11,13H,1-5H3,(H,23,24)/t13-/m0/s1. The van der Waals surface area contributed by atoms with Crippen molar-refractivity contribution in [3.05, 3.63) is 47.7 Å². The molecule has 30 heavy (non-hydrogen) atoms. The van der Waals surface area contributed by atoms with Gasteiger partial charge < -0.3 is 28.7 Å². The maximum absolute atomic E-state index is 12.6. The average molecular weight is 413 g/mol. The molecule has 3 aromatic rings. The van der Waals surface area contributed by atoms with Gasteiger partial charge in [-0.1, -0.05) is 0 Å². The highest BCUT2D eigenvalue weighted by atomic mass is 16.6. The van der Waals surface area contributed by atoms with Crippen LogP contribution in [-0.4, -0.2) is 39.3 Å². The Balaban J connectivity index is 1.71. The van der Waals surface area contributed by atoms with Crippen LogP contribution in [0.4, 0.5) is 5.69 Å². The summed E-state index contributed by atoms with van der Waals surface area (Å²) in [4.78, 5) is 25.0. The third kappa shape index (κ3) is 4.17. The summed E-state index contributed by atoms with van der Waals surface area (Å²) in [6.07, 6.45) is -1.05. The van der Waals surface area contributed by atoms with E-state index in [0.29, 0.717) is 34.1 Å². The molecule has 0 spiro atoms. The van der Waals surface area contributed by atoms with Gasteiger partial charge >= 0.3 is 5.97 Å². The van der Waals surface area contributed by atoms with E-state index < -0.39 is 18.0 Å². The second kappa shape index (κ2) is 8.77. The highest BCUT2D eigenvalue weighted by Crippen LogP contribution is 2.31. The van der Waals surface area contributed by atoms with E-state index in [9.17, 15) is 9.59 Å². The molecule has 1 aromatic heterocycles. The van der Waals surface area contributed by atoms with E-state index >= 15 is 0 Å². The molecule has 2 aromatic carbocycles. The molecule has 3 rings (SSSR count). The van der Waals surface area contributed by atoms with Gasteiger partial charge in [-0.05, 0) is 44.2 Å². The summed E-state index contributed by atoms with van der Waals surface area (Å²) in [7, 11) is 4.58. The van der Waals surface area contributed by atoms with E-state index in [4.69, 9.17) is 23.4 Å². The molecular formula is C22H23NO7. The van der Waals surface area contributed by atoms with Gasteiger partial charge in [-0.2, -0.15) is 0 Å². The normalized spacial score (nSPS) is 11.6. The zero-order chi connectivity index (χ0) is 21.8. The molecule has 0 radical (unpaired) electrons. The lowest BCUT2D eigenvalue weighted by atomic mass is 10.1. The minimum absolute atomic E-state index is 0.0454. The fourth-order valence-corrected chi connectivity index (χ4v) is 2.95. The Morgan fingerprint density at radius 2 is 1.70 bits per heavy atom. The van der Waals surface area contributed by atoms with Crippen molar-refractivity contribution in [1.82, 2.24) is 0 Å². The van der Waals surface area contributed by atoms with Crippen molar-refractivity contribution in [3.8, 4) is 17.2 Å². The van der Waals surface area contributed by atoms with Crippen molar-refractivity contribution >= 4 is 28.5 Å². The smallest absolute Gasteiger partial charge is 0.375 e. The van der Waals surface area contributed by atoms with Crippen LogP contribution in [0.15, 0.2) is 40.8 Å². The Morgan fingerprint density at radius 1 is 0.967 bits per heavy atom. The van der Waals surface area contributed by atoms with Crippen molar-refractivity contribution in [2.24, 2.45) is 0 Å². The number of amides is 1. The molecule has 0 fully saturated rings. The summed E-state index contributed by atoms with van der Waals surface area (Å²) >= 11 is 0. The number of carbonyl (C=O) groups is 2. The summed E-state index contributed by atoms with van der Waals surface area (Å²) in [6.45, 7) is 3.23. The summed E-state index contributed by atoms with van der Waals surface area (Å²) in [6, 6.07) is 10.2. The van der Waals surface area contributed by atoms with Crippen LogP contribution in [-0.2, 0) is 9.53 Å². The van der Waals surface area contributed by atoms with Gasteiger partial charge in [0.25, 0.3) is 5.91 Å². The molecule has 0 saturated heterocycles. The van der Waals surface area contributed by atoms with Crippen LogP contribution in [0.1, 0.15) is 23.0 Å². The molecule has 1 N–H and O–H groups in total. The van der Waals surface area contributed by atoms with Gasteiger partial charge in [0.2, 0.25) is 5.76 Å². The first-order valence-electron chi connectivity index (χ1n) is 9.19. The highest BCUT2D eigenvalue weighted by molar-refractivity contribution is 5.99. The Hall–Kier alpha value is -3.68. The molecule has 1 heterocycles. The summed E-state index contributed by atoms with van der Waals surface area (Å²) < 4.78 is 26.5. The van der Waals surface area contributed by atoms with Gasteiger partial charge in [0.05, 0.1) is 21.3 Å². The lowest BCUT2D eigenvalue weighted by Gasteiger charge is -2.14. The number of hydrogen-bond acceptors (Lipinski definition) is 7. The Morgan fingerprint density at radius 3 is 2.37 bits per heavy atom. The van der Waals surface area contributed by atoms with Crippen LogP contribution in [0.3, 0.4) is 0 Å². The number of benzene rings is 2. The van der Waals surface area contributed by atoms with Crippen LogP contribution in [0.25, 0.3) is 11.0 Å². The Labute approximate surface area is 173 Å². The lowest BCUT2D eigenvalue weighted by Crippen LogP contribution is -2.30. The summed E-state index contributed by atoms with van der Waals surface area (Å²) in [5.74, 6) is 0.474. The third-order valence-electron chi connectivity index (χ3n) is 4.63. The van der Waals surface area contributed by atoms with E-state index in [0.717, 1.165) is 5.39 Å². The second-order valence-electron chi connectivity index (χ2n) is 6.52. The van der Waals surface area contributed by atoms with Gasteiger partial charge in [-0.3, -0.25) is 4.79 Å². The molecule has 158 valence electrons. The summed E-state index contributed by atoms with van der Waals surface area (Å²) in [5, 5.41) is 3.42.